The summed E-state index contributed by atoms with van der Waals surface area (Å²) in [5.41, 5.74) is 3.18. The van der Waals surface area contributed by atoms with Crippen LogP contribution in [0.2, 0.25) is 0 Å². The third kappa shape index (κ3) is 4.57. The van der Waals surface area contributed by atoms with Gasteiger partial charge in [-0.1, -0.05) is 18.2 Å². The van der Waals surface area contributed by atoms with Gasteiger partial charge in [-0.05, 0) is 49.1 Å². The van der Waals surface area contributed by atoms with Crippen molar-refractivity contribution in [3.63, 3.8) is 0 Å². The standard InChI is InChI=1S/C20H25N3O4S/c1-16-3-8-20(15-17(16)2)28(26,27)22-13-11-21(12-14-22)10-9-18-4-6-19(7-5-18)23(24)25/h3-8,15H,9-14H2,1-2H3. The van der Waals surface area contributed by atoms with Gasteiger partial charge in [0.25, 0.3) is 5.69 Å². The van der Waals surface area contributed by atoms with Crippen molar-refractivity contribution in [1.82, 2.24) is 9.21 Å². The molecule has 0 N–H and O–H groups in total. The molecule has 0 spiro atoms. The average molecular weight is 404 g/mol. The van der Waals surface area contributed by atoms with Crippen molar-refractivity contribution in [3.8, 4) is 0 Å². The average Bonchev–Trinajstić information content (AvgIpc) is 2.69. The summed E-state index contributed by atoms with van der Waals surface area (Å²) >= 11 is 0. The minimum Gasteiger partial charge on any atom is -0.300 e. The maximum absolute atomic E-state index is 12.9. The molecule has 1 heterocycles. The van der Waals surface area contributed by atoms with E-state index in [1.807, 2.05) is 19.9 Å². The molecule has 0 radical (unpaired) electrons. The Morgan fingerprint density at radius 2 is 1.61 bits per heavy atom. The lowest BCUT2D eigenvalue weighted by molar-refractivity contribution is -0.384. The van der Waals surface area contributed by atoms with Gasteiger partial charge in [-0.25, -0.2) is 8.42 Å². The molecule has 2 aromatic rings. The maximum Gasteiger partial charge on any atom is 0.269 e. The summed E-state index contributed by atoms with van der Waals surface area (Å²) in [6, 6.07) is 11.9. The van der Waals surface area contributed by atoms with Crippen molar-refractivity contribution in [3.05, 3.63) is 69.3 Å². The molecule has 0 bridgehead atoms. The van der Waals surface area contributed by atoms with Gasteiger partial charge in [-0.2, -0.15) is 4.31 Å². The highest BCUT2D eigenvalue weighted by Gasteiger charge is 2.28. The molecule has 0 amide bonds. The van der Waals surface area contributed by atoms with E-state index < -0.39 is 14.9 Å². The molecule has 3 rings (SSSR count). The highest BCUT2D eigenvalue weighted by molar-refractivity contribution is 7.89. The molecule has 2 aromatic carbocycles. The second kappa shape index (κ2) is 8.38. The Morgan fingerprint density at radius 3 is 2.18 bits per heavy atom. The molecule has 0 aliphatic carbocycles. The number of benzene rings is 2. The zero-order valence-corrected chi connectivity index (χ0v) is 17.0. The highest BCUT2D eigenvalue weighted by Crippen LogP contribution is 2.20. The van der Waals surface area contributed by atoms with Crippen LogP contribution in [0.5, 0.6) is 0 Å². The second-order valence-corrected chi connectivity index (χ2v) is 9.10. The zero-order chi connectivity index (χ0) is 20.3. The minimum absolute atomic E-state index is 0.0916. The molecule has 28 heavy (non-hydrogen) atoms. The quantitative estimate of drug-likeness (QED) is 0.547. The molecule has 8 heteroatoms. The number of hydrogen-bond acceptors (Lipinski definition) is 5. The van der Waals surface area contributed by atoms with Gasteiger partial charge in [-0.3, -0.25) is 10.1 Å². The molecule has 7 nitrogen and oxygen atoms in total. The monoisotopic (exact) mass is 403 g/mol. The van der Waals surface area contributed by atoms with Gasteiger partial charge in [0.15, 0.2) is 0 Å². The van der Waals surface area contributed by atoms with Gasteiger partial charge < -0.3 is 4.90 Å². The van der Waals surface area contributed by atoms with E-state index in [2.05, 4.69) is 4.90 Å². The summed E-state index contributed by atoms with van der Waals surface area (Å²) in [6.07, 6.45) is 0.780. The van der Waals surface area contributed by atoms with Gasteiger partial charge in [0.2, 0.25) is 10.0 Å². The predicted molar refractivity (Wildman–Crippen MR) is 108 cm³/mol. The summed E-state index contributed by atoms with van der Waals surface area (Å²) in [5, 5.41) is 10.7. The van der Waals surface area contributed by atoms with Gasteiger partial charge in [0.1, 0.15) is 0 Å². The van der Waals surface area contributed by atoms with Crippen molar-refractivity contribution in [1.29, 1.82) is 0 Å². The van der Waals surface area contributed by atoms with Crippen LogP contribution in [0.25, 0.3) is 0 Å². The van der Waals surface area contributed by atoms with Gasteiger partial charge in [0, 0.05) is 44.9 Å². The minimum atomic E-state index is -3.46. The number of sulfonamides is 1. The van der Waals surface area contributed by atoms with Crippen LogP contribution in [0.3, 0.4) is 0 Å². The van der Waals surface area contributed by atoms with Crippen LogP contribution in [0, 0.1) is 24.0 Å². The Bertz CT molecular complexity index is 950. The fraction of sp³-hybridized carbons (Fsp3) is 0.400. The van der Waals surface area contributed by atoms with Gasteiger partial charge in [0.05, 0.1) is 9.82 Å². The molecule has 1 aliphatic heterocycles. The van der Waals surface area contributed by atoms with E-state index in [1.54, 1.807) is 28.6 Å². The highest BCUT2D eigenvalue weighted by atomic mass is 32.2. The van der Waals surface area contributed by atoms with Crippen LogP contribution in [-0.4, -0.2) is 55.3 Å². The van der Waals surface area contributed by atoms with E-state index in [0.29, 0.717) is 31.1 Å². The van der Waals surface area contributed by atoms with E-state index in [4.69, 9.17) is 0 Å². The Balaban J connectivity index is 1.55. The van der Waals surface area contributed by atoms with Crippen molar-refractivity contribution in [2.24, 2.45) is 0 Å². The van der Waals surface area contributed by atoms with E-state index in [-0.39, 0.29) is 5.69 Å². The molecular weight excluding hydrogens is 378 g/mol. The molecule has 1 aliphatic rings. The van der Waals surface area contributed by atoms with Crippen LogP contribution in [-0.2, 0) is 16.4 Å². The van der Waals surface area contributed by atoms with Crippen LogP contribution in [0.15, 0.2) is 47.4 Å². The lowest BCUT2D eigenvalue weighted by Crippen LogP contribution is -2.49. The number of nitro groups is 1. The third-order valence-corrected chi connectivity index (χ3v) is 7.21. The van der Waals surface area contributed by atoms with E-state index in [0.717, 1.165) is 29.7 Å². The lowest BCUT2D eigenvalue weighted by atomic mass is 10.1. The van der Waals surface area contributed by atoms with Crippen LogP contribution in [0.4, 0.5) is 5.69 Å². The molecule has 0 saturated carbocycles. The van der Waals surface area contributed by atoms with Crippen molar-refractivity contribution in [2.75, 3.05) is 32.7 Å². The largest absolute Gasteiger partial charge is 0.300 e. The molecule has 150 valence electrons. The first-order chi connectivity index (χ1) is 13.3. The molecular formula is C20H25N3O4S. The van der Waals surface area contributed by atoms with Gasteiger partial charge >= 0.3 is 0 Å². The molecule has 0 atom stereocenters. The fourth-order valence-corrected chi connectivity index (χ4v) is 4.80. The Hall–Kier alpha value is -2.29. The Labute approximate surface area is 165 Å². The van der Waals surface area contributed by atoms with Crippen molar-refractivity contribution >= 4 is 15.7 Å². The summed E-state index contributed by atoms with van der Waals surface area (Å²) in [6.45, 7) is 6.98. The third-order valence-electron chi connectivity index (χ3n) is 5.31. The fourth-order valence-electron chi connectivity index (χ4n) is 3.29. The van der Waals surface area contributed by atoms with Crippen LogP contribution in [0.1, 0.15) is 16.7 Å². The second-order valence-electron chi connectivity index (χ2n) is 7.17. The number of nitro benzene ring substituents is 1. The molecule has 1 saturated heterocycles. The smallest absolute Gasteiger partial charge is 0.269 e. The summed E-state index contributed by atoms with van der Waals surface area (Å²) < 4.78 is 27.3. The first-order valence-corrected chi connectivity index (χ1v) is 10.7. The lowest BCUT2D eigenvalue weighted by Gasteiger charge is -2.34. The number of aryl methyl sites for hydroxylation is 2. The number of piperazine rings is 1. The van der Waals surface area contributed by atoms with Gasteiger partial charge in [-0.15, -0.1) is 0 Å². The van der Waals surface area contributed by atoms with Crippen LogP contribution >= 0.6 is 0 Å². The van der Waals surface area contributed by atoms with Crippen LogP contribution < -0.4 is 0 Å². The topological polar surface area (TPSA) is 83.8 Å². The Kier molecular flexibility index (Phi) is 6.12. The van der Waals surface area contributed by atoms with Crippen molar-refractivity contribution in [2.45, 2.75) is 25.2 Å². The van der Waals surface area contributed by atoms with E-state index >= 15 is 0 Å². The van der Waals surface area contributed by atoms with E-state index in [1.165, 1.54) is 12.1 Å². The van der Waals surface area contributed by atoms with Crippen molar-refractivity contribution < 1.29 is 13.3 Å². The Morgan fingerprint density at radius 1 is 0.964 bits per heavy atom. The first-order valence-electron chi connectivity index (χ1n) is 9.30. The molecule has 0 unspecified atom stereocenters. The summed E-state index contributed by atoms with van der Waals surface area (Å²) in [4.78, 5) is 12.9. The number of hydrogen-bond donors (Lipinski definition) is 0. The number of rotatable bonds is 6. The first kappa shape index (κ1) is 20.4. The summed E-state index contributed by atoms with van der Waals surface area (Å²) in [5.74, 6) is 0. The number of nitrogens with zero attached hydrogens (tertiary/aromatic N) is 3. The zero-order valence-electron chi connectivity index (χ0n) is 16.2. The molecule has 1 fully saturated rings. The predicted octanol–water partition coefficient (Wildman–Crippen LogP) is 2.76. The SMILES string of the molecule is Cc1ccc(S(=O)(=O)N2CCN(CCc3ccc([N+](=O)[O-])cc3)CC2)cc1C. The van der Waals surface area contributed by atoms with E-state index in [9.17, 15) is 18.5 Å². The maximum atomic E-state index is 12.9. The number of non-ortho nitro benzene ring substituents is 1. The normalized spacial score (nSPS) is 16.2. The molecule has 0 aromatic heterocycles. The summed E-state index contributed by atoms with van der Waals surface area (Å²) in [7, 11) is -3.46.